The topological polar surface area (TPSA) is 51.0 Å². The molecule has 2 aromatic rings. The minimum atomic E-state index is 0. The van der Waals surface area contributed by atoms with Gasteiger partial charge in [0.05, 0.1) is 0 Å². The van der Waals surface area contributed by atoms with Gasteiger partial charge >= 0.3 is 0 Å². The van der Waals surface area contributed by atoms with Crippen LogP contribution >= 0.6 is 12.4 Å². The van der Waals surface area contributed by atoms with Gasteiger partial charge in [0.1, 0.15) is 0 Å². The van der Waals surface area contributed by atoms with Gasteiger partial charge in [0.25, 0.3) is 5.89 Å². The Hall–Kier alpha value is -1.39. The van der Waals surface area contributed by atoms with Crippen molar-refractivity contribution in [2.75, 3.05) is 7.05 Å². The molecule has 1 unspecified atom stereocenters. The summed E-state index contributed by atoms with van der Waals surface area (Å²) in [5.41, 5.74) is 2.32. The molecule has 110 valence electrons. The van der Waals surface area contributed by atoms with E-state index in [1.165, 1.54) is 5.56 Å². The summed E-state index contributed by atoms with van der Waals surface area (Å²) in [6, 6.07) is 8.68. The van der Waals surface area contributed by atoms with Crippen molar-refractivity contribution >= 4 is 12.4 Å². The Balaban J connectivity index is 0.00000200. The normalized spacial score (nSPS) is 11.9. The van der Waals surface area contributed by atoms with Crippen LogP contribution in [0, 0.1) is 0 Å². The van der Waals surface area contributed by atoms with E-state index in [-0.39, 0.29) is 12.4 Å². The molecule has 0 bridgehead atoms. The molecule has 0 aliphatic heterocycles. The molecule has 0 saturated carbocycles. The summed E-state index contributed by atoms with van der Waals surface area (Å²) in [7, 11) is 1.93. The highest BCUT2D eigenvalue weighted by molar-refractivity contribution is 5.85. The molecular formula is C15H22ClN3O. The zero-order valence-corrected chi connectivity index (χ0v) is 13.0. The van der Waals surface area contributed by atoms with Crippen LogP contribution in [-0.4, -0.2) is 23.2 Å². The molecule has 0 fully saturated rings. The van der Waals surface area contributed by atoms with E-state index in [1.807, 2.05) is 19.2 Å². The maximum atomic E-state index is 5.31. The van der Waals surface area contributed by atoms with E-state index >= 15 is 0 Å². The first-order chi connectivity index (χ1) is 9.22. The average molecular weight is 296 g/mol. The Kier molecular flexibility index (Phi) is 6.68. The molecule has 0 aliphatic rings. The number of hydrogen-bond acceptors (Lipinski definition) is 4. The Labute approximate surface area is 126 Å². The lowest BCUT2D eigenvalue weighted by Crippen LogP contribution is -2.24. The SMILES string of the molecule is CCCc1ccc(-c2nc(CC(C)NC)no2)cc1.Cl. The van der Waals surface area contributed by atoms with Gasteiger partial charge in [0, 0.05) is 18.0 Å². The molecule has 2 rings (SSSR count). The van der Waals surface area contributed by atoms with Crippen LogP contribution < -0.4 is 5.32 Å². The number of nitrogens with one attached hydrogen (secondary N) is 1. The highest BCUT2D eigenvalue weighted by atomic mass is 35.5. The highest BCUT2D eigenvalue weighted by Gasteiger charge is 2.10. The van der Waals surface area contributed by atoms with Gasteiger partial charge in [-0.25, -0.2) is 0 Å². The number of rotatable bonds is 6. The van der Waals surface area contributed by atoms with Gasteiger partial charge < -0.3 is 9.84 Å². The minimum Gasteiger partial charge on any atom is -0.334 e. The van der Waals surface area contributed by atoms with Gasteiger partial charge in [0.2, 0.25) is 0 Å². The molecule has 1 atom stereocenters. The highest BCUT2D eigenvalue weighted by Crippen LogP contribution is 2.18. The van der Waals surface area contributed by atoms with E-state index in [0.717, 1.165) is 30.7 Å². The van der Waals surface area contributed by atoms with Crippen LogP contribution in [0.4, 0.5) is 0 Å². The summed E-state index contributed by atoms with van der Waals surface area (Å²) in [5.74, 6) is 1.34. The summed E-state index contributed by atoms with van der Waals surface area (Å²) < 4.78 is 5.31. The third-order valence-corrected chi connectivity index (χ3v) is 3.19. The maximum absolute atomic E-state index is 5.31. The fourth-order valence-electron chi connectivity index (χ4n) is 1.93. The van der Waals surface area contributed by atoms with E-state index in [1.54, 1.807) is 0 Å². The molecule has 1 aromatic carbocycles. The van der Waals surface area contributed by atoms with Crippen molar-refractivity contribution in [2.24, 2.45) is 0 Å². The number of halogens is 1. The number of benzene rings is 1. The molecule has 0 radical (unpaired) electrons. The second-order valence-corrected chi connectivity index (χ2v) is 4.86. The molecule has 4 nitrogen and oxygen atoms in total. The molecule has 0 spiro atoms. The van der Waals surface area contributed by atoms with E-state index in [0.29, 0.717) is 11.9 Å². The number of nitrogens with zero attached hydrogens (tertiary/aromatic N) is 2. The van der Waals surface area contributed by atoms with Crippen molar-refractivity contribution in [1.29, 1.82) is 0 Å². The van der Waals surface area contributed by atoms with Crippen LogP contribution in [0.5, 0.6) is 0 Å². The van der Waals surface area contributed by atoms with Gasteiger partial charge in [-0.1, -0.05) is 30.6 Å². The van der Waals surface area contributed by atoms with Gasteiger partial charge in [-0.05, 0) is 38.1 Å². The van der Waals surface area contributed by atoms with Gasteiger partial charge in [0.15, 0.2) is 5.82 Å². The van der Waals surface area contributed by atoms with Crippen molar-refractivity contribution in [1.82, 2.24) is 15.5 Å². The molecule has 1 heterocycles. The molecule has 0 saturated heterocycles. The second-order valence-electron chi connectivity index (χ2n) is 4.86. The third-order valence-electron chi connectivity index (χ3n) is 3.19. The fourth-order valence-corrected chi connectivity index (χ4v) is 1.93. The average Bonchev–Trinajstić information content (AvgIpc) is 2.88. The molecule has 5 heteroatoms. The Morgan fingerprint density at radius 2 is 1.95 bits per heavy atom. The summed E-state index contributed by atoms with van der Waals surface area (Å²) in [4.78, 5) is 4.43. The Bertz CT molecular complexity index is 510. The first-order valence-corrected chi connectivity index (χ1v) is 6.82. The van der Waals surface area contributed by atoms with Crippen LogP contribution in [0.1, 0.15) is 31.7 Å². The van der Waals surface area contributed by atoms with Crippen molar-refractivity contribution in [3.05, 3.63) is 35.7 Å². The lowest BCUT2D eigenvalue weighted by atomic mass is 10.1. The van der Waals surface area contributed by atoms with Gasteiger partial charge in [-0.3, -0.25) is 0 Å². The predicted molar refractivity (Wildman–Crippen MR) is 83.2 cm³/mol. The largest absolute Gasteiger partial charge is 0.334 e. The Morgan fingerprint density at radius 1 is 1.25 bits per heavy atom. The summed E-state index contributed by atoms with van der Waals surface area (Å²) in [6.45, 7) is 4.27. The molecule has 1 aromatic heterocycles. The fraction of sp³-hybridized carbons (Fsp3) is 0.467. The number of aryl methyl sites for hydroxylation is 1. The number of likely N-dealkylation sites (N-methyl/N-ethyl adjacent to an activating group) is 1. The van der Waals surface area contributed by atoms with Gasteiger partial charge in [-0.15, -0.1) is 12.4 Å². The quantitative estimate of drug-likeness (QED) is 0.889. The van der Waals surface area contributed by atoms with E-state index in [4.69, 9.17) is 4.52 Å². The standard InChI is InChI=1S/C15H21N3O.ClH/c1-4-5-12-6-8-13(9-7-12)15-17-14(18-19-15)10-11(2)16-3;/h6-9,11,16H,4-5,10H2,1-3H3;1H. The Morgan fingerprint density at radius 3 is 2.55 bits per heavy atom. The van der Waals surface area contributed by atoms with Crippen LogP contribution in [0.15, 0.2) is 28.8 Å². The van der Waals surface area contributed by atoms with E-state index < -0.39 is 0 Å². The summed E-state index contributed by atoms with van der Waals surface area (Å²) >= 11 is 0. The van der Waals surface area contributed by atoms with E-state index in [2.05, 4.69) is 41.4 Å². The maximum Gasteiger partial charge on any atom is 0.257 e. The predicted octanol–water partition coefficient (Wildman–Crippen LogP) is 3.26. The summed E-state index contributed by atoms with van der Waals surface area (Å²) in [5, 5.41) is 7.18. The molecule has 1 N–H and O–H groups in total. The molecule has 0 aliphatic carbocycles. The van der Waals surface area contributed by atoms with Crippen molar-refractivity contribution in [3.8, 4) is 11.5 Å². The zero-order chi connectivity index (χ0) is 13.7. The first kappa shape index (κ1) is 16.7. The lowest BCUT2D eigenvalue weighted by molar-refractivity contribution is 0.418. The summed E-state index contributed by atoms with van der Waals surface area (Å²) in [6.07, 6.45) is 3.04. The lowest BCUT2D eigenvalue weighted by Gasteiger charge is -2.04. The van der Waals surface area contributed by atoms with Crippen molar-refractivity contribution in [3.63, 3.8) is 0 Å². The van der Waals surface area contributed by atoms with E-state index in [9.17, 15) is 0 Å². The van der Waals surface area contributed by atoms with Crippen molar-refractivity contribution < 1.29 is 4.52 Å². The van der Waals surface area contributed by atoms with Crippen LogP contribution in [0.3, 0.4) is 0 Å². The monoisotopic (exact) mass is 295 g/mol. The third kappa shape index (κ3) is 4.32. The minimum absolute atomic E-state index is 0. The number of hydrogen-bond donors (Lipinski definition) is 1. The molecular weight excluding hydrogens is 274 g/mol. The van der Waals surface area contributed by atoms with Crippen LogP contribution in [-0.2, 0) is 12.8 Å². The zero-order valence-electron chi connectivity index (χ0n) is 12.2. The first-order valence-electron chi connectivity index (χ1n) is 6.82. The van der Waals surface area contributed by atoms with Crippen LogP contribution in [0.2, 0.25) is 0 Å². The number of aromatic nitrogens is 2. The molecule has 20 heavy (non-hydrogen) atoms. The van der Waals surface area contributed by atoms with Crippen molar-refractivity contribution in [2.45, 2.75) is 39.2 Å². The smallest absolute Gasteiger partial charge is 0.257 e. The molecule has 0 amide bonds. The second kappa shape index (κ2) is 8.02. The van der Waals surface area contributed by atoms with Gasteiger partial charge in [-0.2, -0.15) is 4.98 Å². The van der Waals surface area contributed by atoms with Crippen LogP contribution in [0.25, 0.3) is 11.5 Å².